The van der Waals surface area contributed by atoms with Crippen molar-refractivity contribution < 1.29 is 31.1 Å². The molecule has 0 N–H and O–H groups in total. The van der Waals surface area contributed by atoms with E-state index in [1.54, 1.807) is 36.4 Å². The number of alkyl halides is 3. The lowest BCUT2D eigenvalue weighted by molar-refractivity contribution is -0.136. The van der Waals surface area contributed by atoms with Crippen LogP contribution < -0.4 is 4.74 Å². The van der Waals surface area contributed by atoms with Crippen LogP contribution in [0.4, 0.5) is 13.2 Å². The van der Waals surface area contributed by atoms with E-state index in [-0.39, 0.29) is 10.4 Å². The van der Waals surface area contributed by atoms with E-state index in [1.807, 2.05) is 36.4 Å². The second-order valence-electron chi connectivity index (χ2n) is 10.1. The van der Waals surface area contributed by atoms with Crippen LogP contribution in [0.3, 0.4) is 0 Å². The van der Waals surface area contributed by atoms with Gasteiger partial charge in [-0.3, -0.25) is 4.98 Å². The molecule has 220 valence electrons. The van der Waals surface area contributed by atoms with Crippen LogP contribution in [-0.2, 0) is 27.4 Å². The van der Waals surface area contributed by atoms with E-state index in [0.717, 1.165) is 17.2 Å². The van der Waals surface area contributed by atoms with E-state index in [4.69, 9.17) is 9.47 Å². The molecule has 1 aliphatic rings. The Morgan fingerprint density at radius 3 is 2.28 bits per heavy atom. The summed E-state index contributed by atoms with van der Waals surface area (Å²) in [6, 6.07) is 27.0. The summed E-state index contributed by atoms with van der Waals surface area (Å²) in [5, 5.41) is 0.387. The largest absolute Gasteiger partial charge is 0.457 e. The fourth-order valence-corrected chi connectivity index (χ4v) is 6.66. The lowest BCUT2D eigenvalue weighted by atomic mass is 9.92. The molecule has 1 fully saturated rings. The maximum Gasteiger partial charge on any atom is 0.418 e. The molecule has 10 heteroatoms. The summed E-state index contributed by atoms with van der Waals surface area (Å²) in [7, 11) is -3.65. The first-order chi connectivity index (χ1) is 20.7. The monoisotopic (exact) mass is 604 g/mol. The molecule has 0 unspecified atom stereocenters. The highest BCUT2D eigenvalue weighted by Crippen LogP contribution is 2.40. The fraction of sp³-hybridized carbons (Fsp3) is 0.182. The Labute approximate surface area is 247 Å². The average Bonchev–Trinajstić information content (AvgIpc) is 3.01. The Bertz CT molecular complexity index is 1860. The van der Waals surface area contributed by atoms with Gasteiger partial charge in [-0.1, -0.05) is 54.6 Å². The smallest absolute Gasteiger partial charge is 0.418 e. The molecule has 4 aromatic carbocycles. The third-order valence-corrected chi connectivity index (χ3v) is 9.22. The molecule has 43 heavy (non-hydrogen) atoms. The second-order valence-corrected chi connectivity index (χ2v) is 12.1. The standard InChI is InChI=1S/C33H27F3N2O4S/c34-33(35,36)30-11-5-10-29-31(25(22-37-32(29)30)20-23-6-2-1-3-7-23)24-8-4-9-27(21-24)42-26-12-14-28(15-13-26)43(39,40)38-16-18-41-19-17-38/h1-15,21-22H,16-20H2. The van der Waals surface area contributed by atoms with Crippen LogP contribution >= 0.6 is 0 Å². The van der Waals surface area contributed by atoms with Crippen molar-refractivity contribution in [2.45, 2.75) is 17.5 Å². The number of para-hydroxylation sites is 1. The average molecular weight is 605 g/mol. The molecule has 1 aliphatic heterocycles. The summed E-state index contributed by atoms with van der Waals surface area (Å²) in [5.41, 5.74) is 2.16. The van der Waals surface area contributed by atoms with Crippen molar-refractivity contribution in [3.63, 3.8) is 0 Å². The molecule has 0 atom stereocenters. The van der Waals surface area contributed by atoms with Gasteiger partial charge in [-0.2, -0.15) is 17.5 Å². The summed E-state index contributed by atoms with van der Waals surface area (Å²) in [5.74, 6) is 0.866. The van der Waals surface area contributed by atoms with Crippen LogP contribution in [0.15, 0.2) is 108 Å². The van der Waals surface area contributed by atoms with Gasteiger partial charge in [-0.05, 0) is 71.1 Å². The van der Waals surface area contributed by atoms with Crippen molar-refractivity contribution in [1.82, 2.24) is 9.29 Å². The zero-order valence-electron chi connectivity index (χ0n) is 22.9. The van der Waals surface area contributed by atoms with E-state index in [2.05, 4.69) is 4.98 Å². The number of pyridine rings is 1. The molecule has 0 bridgehead atoms. The number of fused-ring (bicyclic) bond motifs is 1. The van der Waals surface area contributed by atoms with Gasteiger partial charge in [0.05, 0.1) is 29.2 Å². The van der Waals surface area contributed by atoms with Crippen LogP contribution in [0.5, 0.6) is 11.5 Å². The predicted molar refractivity (Wildman–Crippen MR) is 158 cm³/mol. The molecule has 0 radical (unpaired) electrons. The number of halogens is 3. The molecule has 6 rings (SSSR count). The van der Waals surface area contributed by atoms with E-state index >= 15 is 0 Å². The van der Waals surface area contributed by atoms with Gasteiger partial charge in [-0.25, -0.2) is 8.42 Å². The number of benzene rings is 4. The first-order valence-corrected chi connectivity index (χ1v) is 15.1. The maximum atomic E-state index is 13.9. The van der Waals surface area contributed by atoms with Crippen LogP contribution in [0.25, 0.3) is 22.0 Å². The van der Waals surface area contributed by atoms with Gasteiger partial charge >= 0.3 is 6.18 Å². The van der Waals surface area contributed by atoms with Gasteiger partial charge in [0.15, 0.2) is 0 Å². The molecule has 1 saturated heterocycles. The highest BCUT2D eigenvalue weighted by atomic mass is 32.2. The number of hydrogen-bond donors (Lipinski definition) is 0. The Kier molecular flexibility index (Phi) is 7.91. The van der Waals surface area contributed by atoms with Crippen LogP contribution in [-0.4, -0.2) is 44.0 Å². The summed E-state index contributed by atoms with van der Waals surface area (Å²) < 4.78 is 80.4. The summed E-state index contributed by atoms with van der Waals surface area (Å²) in [6.07, 6.45) is -2.57. The molecule has 0 amide bonds. The number of nitrogens with zero attached hydrogens (tertiary/aromatic N) is 2. The zero-order valence-corrected chi connectivity index (χ0v) is 23.7. The Balaban J connectivity index is 1.36. The minimum absolute atomic E-state index is 0.120. The highest BCUT2D eigenvalue weighted by Gasteiger charge is 2.34. The van der Waals surface area contributed by atoms with E-state index in [0.29, 0.717) is 60.7 Å². The molecule has 0 saturated carbocycles. The molecule has 6 nitrogen and oxygen atoms in total. The van der Waals surface area contributed by atoms with Crippen molar-refractivity contribution in [3.05, 3.63) is 120 Å². The number of rotatable bonds is 7. The van der Waals surface area contributed by atoms with E-state index < -0.39 is 21.8 Å². The van der Waals surface area contributed by atoms with Crippen LogP contribution in [0.1, 0.15) is 16.7 Å². The van der Waals surface area contributed by atoms with E-state index in [1.165, 1.54) is 28.7 Å². The molecule has 2 heterocycles. The third-order valence-electron chi connectivity index (χ3n) is 7.31. The summed E-state index contributed by atoms with van der Waals surface area (Å²) in [4.78, 5) is 4.43. The first kappa shape index (κ1) is 28.9. The third kappa shape index (κ3) is 6.13. The van der Waals surface area contributed by atoms with Crippen molar-refractivity contribution in [2.24, 2.45) is 0 Å². The number of ether oxygens (including phenoxy) is 2. The van der Waals surface area contributed by atoms with Crippen molar-refractivity contribution in [2.75, 3.05) is 26.3 Å². The summed E-state index contributed by atoms with van der Waals surface area (Å²) in [6.45, 7) is 1.31. The van der Waals surface area contributed by atoms with Gasteiger partial charge < -0.3 is 9.47 Å². The van der Waals surface area contributed by atoms with Gasteiger partial charge in [0, 0.05) is 24.7 Å². The minimum Gasteiger partial charge on any atom is -0.457 e. The first-order valence-electron chi connectivity index (χ1n) is 13.7. The minimum atomic E-state index is -4.56. The summed E-state index contributed by atoms with van der Waals surface area (Å²) >= 11 is 0. The van der Waals surface area contributed by atoms with Crippen molar-refractivity contribution in [3.8, 4) is 22.6 Å². The number of sulfonamides is 1. The molecular weight excluding hydrogens is 577 g/mol. The molecule has 0 aliphatic carbocycles. The normalized spacial score (nSPS) is 14.6. The number of aromatic nitrogens is 1. The highest BCUT2D eigenvalue weighted by molar-refractivity contribution is 7.89. The van der Waals surface area contributed by atoms with Gasteiger partial charge in [0.25, 0.3) is 0 Å². The van der Waals surface area contributed by atoms with E-state index in [9.17, 15) is 21.6 Å². The van der Waals surface area contributed by atoms with Gasteiger partial charge in [0.2, 0.25) is 10.0 Å². The van der Waals surface area contributed by atoms with Crippen LogP contribution in [0.2, 0.25) is 0 Å². The second kappa shape index (κ2) is 11.8. The number of morpholine rings is 1. The molecule has 5 aromatic rings. The predicted octanol–water partition coefficient (Wildman–Crippen LogP) is 7.32. The van der Waals surface area contributed by atoms with Gasteiger partial charge in [-0.15, -0.1) is 0 Å². The Morgan fingerprint density at radius 1 is 0.837 bits per heavy atom. The number of hydrogen-bond acceptors (Lipinski definition) is 5. The fourth-order valence-electron chi connectivity index (χ4n) is 5.25. The topological polar surface area (TPSA) is 68.7 Å². The van der Waals surface area contributed by atoms with Crippen molar-refractivity contribution in [1.29, 1.82) is 0 Å². The van der Waals surface area contributed by atoms with Crippen LogP contribution in [0, 0.1) is 0 Å². The molecule has 1 aromatic heterocycles. The quantitative estimate of drug-likeness (QED) is 0.195. The zero-order chi connectivity index (χ0) is 30.0. The lowest BCUT2D eigenvalue weighted by Gasteiger charge is -2.26. The van der Waals surface area contributed by atoms with Gasteiger partial charge in [0.1, 0.15) is 11.5 Å². The van der Waals surface area contributed by atoms with Crippen molar-refractivity contribution >= 4 is 20.9 Å². The SMILES string of the molecule is O=S(=O)(c1ccc(Oc2cccc(-c3c(Cc4ccccc4)cnc4c(C(F)(F)F)cccc34)c2)cc1)N1CCOCC1. The lowest BCUT2D eigenvalue weighted by Crippen LogP contribution is -2.40. The Morgan fingerprint density at radius 2 is 1.56 bits per heavy atom. The Hall–Kier alpha value is -4.25. The maximum absolute atomic E-state index is 13.9. The molecular formula is C33H27F3N2O4S. The molecule has 0 spiro atoms.